The first-order chi connectivity index (χ1) is 14.5. The normalized spacial score (nSPS) is 23.9. The zero-order valence-electron chi connectivity index (χ0n) is 18.9. The van der Waals surface area contributed by atoms with Gasteiger partial charge in [-0.2, -0.15) is 0 Å². The van der Waals surface area contributed by atoms with Crippen LogP contribution in [0.15, 0.2) is 23.3 Å². The lowest BCUT2D eigenvalue weighted by atomic mass is 9.73. The molecule has 0 amide bonds. The number of hydrogen-bond donors (Lipinski definition) is 0. The number of carbonyl (C=O) groups excluding carboxylic acids is 4. The van der Waals surface area contributed by atoms with Gasteiger partial charge in [0.25, 0.3) is 0 Å². The minimum absolute atomic E-state index is 0.0334. The van der Waals surface area contributed by atoms with Crippen molar-refractivity contribution in [1.82, 2.24) is 0 Å². The largest absolute Gasteiger partial charge is 0.466 e. The van der Waals surface area contributed by atoms with Crippen molar-refractivity contribution in [2.24, 2.45) is 17.8 Å². The van der Waals surface area contributed by atoms with Crippen LogP contribution < -0.4 is 0 Å². The van der Waals surface area contributed by atoms with Crippen molar-refractivity contribution in [1.29, 1.82) is 0 Å². The van der Waals surface area contributed by atoms with Crippen molar-refractivity contribution in [2.75, 3.05) is 13.2 Å². The van der Waals surface area contributed by atoms with Crippen LogP contribution in [-0.2, 0) is 38.1 Å². The summed E-state index contributed by atoms with van der Waals surface area (Å²) in [6.07, 6.45) is 0.393. The Labute approximate surface area is 182 Å². The Bertz CT molecular complexity index is 778. The Morgan fingerprint density at radius 2 is 1.81 bits per heavy atom. The molecule has 8 heteroatoms. The summed E-state index contributed by atoms with van der Waals surface area (Å²) in [5.41, 5.74) is 1.87. The summed E-state index contributed by atoms with van der Waals surface area (Å²) >= 11 is 0. The maximum atomic E-state index is 12.2. The molecule has 0 N–H and O–H groups in total. The molecule has 0 bridgehead atoms. The van der Waals surface area contributed by atoms with Gasteiger partial charge in [-0.25, -0.2) is 4.79 Å². The van der Waals surface area contributed by atoms with E-state index in [0.717, 1.165) is 11.1 Å². The van der Waals surface area contributed by atoms with Gasteiger partial charge >= 0.3 is 23.9 Å². The Kier molecular flexibility index (Phi) is 8.42. The number of rotatable bonds is 9. The topological polar surface area (TPSA) is 105 Å². The van der Waals surface area contributed by atoms with E-state index in [1.807, 2.05) is 6.92 Å². The monoisotopic (exact) mass is 436 g/mol. The highest BCUT2D eigenvalue weighted by Gasteiger charge is 2.50. The van der Waals surface area contributed by atoms with Crippen LogP contribution in [0.4, 0.5) is 0 Å². The third-order valence-electron chi connectivity index (χ3n) is 5.58. The Morgan fingerprint density at radius 3 is 2.39 bits per heavy atom. The maximum absolute atomic E-state index is 12.2. The molecule has 31 heavy (non-hydrogen) atoms. The number of carbonyl (C=O) groups is 4. The molecule has 1 aliphatic carbocycles. The van der Waals surface area contributed by atoms with Gasteiger partial charge in [0.05, 0.1) is 18.4 Å². The lowest BCUT2D eigenvalue weighted by Gasteiger charge is -2.38. The molecule has 0 radical (unpaired) electrons. The first kappa shape index (κ1) is 24.6. The lowest BCUT2D eigenvalue weighted by molar-refractivity contribution is -0.151. The van der Waals surface area contributed by atoms with Crippen LogP contribution in [0.5, 0.6) is 0 Å². The molecular formula is C23H32O8. The second kappa shape index (κ2) is 10.6. The number of hydrogen-bond acceptors (Lipinski definition) is 8. The highest BCUT2D eigenvalue weighted by molar-refractivity contribution is 5.91. The van der Waals surface area contributed by atoms with Crippen LogP contribution in [0.3, 0.4) is 0 Å². The van der Waals surface area contributed by atoms with Crippen LogP contribution in [0.25, 0.3) is 0 Å². The molecule has 1 aliphatic heterocycles. The van der Waals surface area contributed by atoms with Crippen molar-refractivity contribution in [3.05, 3.63) is 23.3 Å². The Morgan fingerprint density at radius 1 is 1.13 bits per heavy atom. The lowest BCUT2D eigenvalue weighted by Crippen LogP contribution is -2.41. The van der Waals surface area contributed by atoms with Gasteiger partial charge in [-0.15, -0.1) is 0 Å². The van der Waals surface area contributed by atoms with Gasteiger partial charge in [0, 0.05) is 25.8 Å². The molecular weight excluding hydrogens is 404 g/mol. The van der Waals surface area contributed by atoms with E-state index in [4.69, 9.17) is 18.9 Å². The van der Waals surface area contributed by atoms with Crippen LogP contribution in [0.1, 0.15) is 53.9 Å². The van der Waals surface area contributed by atoms with Crippen molar-refractivity contribution in [2.45, 2.75) is 66.1 Å². The maximum Gasteiger partial charge on any atom is 0.334 e. The third-order valence-corrected chi connectivity index (χ3v) is 5.58. The fourth-order valence-electron chi connectivity index (χ4n) is 4.12. The van der Waals surface area contributed by atoms with E-state index in [1.54, 1.807) is 13.8 Å². The molecule has 1 heterocycles. The second-order valence-corrected chi connectivity index (χ2v) is 8.43. The first-order valence-corrected chi connectivity index (χ1v) is 10.6. The van der Waals surface area contributed by atoms with Gasteiger partial charge in [-0.05, 0) is 29.9 Å². The Balaban J connectivity index is 2.35. The summed E-state index contributed by atoms with van der Waals surface area (Å²) in [5, 5.41) is 0. The second-order valence-electron chi connectivity index (χ2n) is 8.43. The molecule has 2 rings (SSSR count). The molecule has 2 aliphatic rings. The van der Waals surface area contributed by atoms with Gasteiger partial charge in [-0.3, -0.25) is 14.4 Å². The van der Waals surface area contributed by atoms with Crippen molar-refractivity contribution >= 4 is 23.9 Å². The predicted octanol–water partition coefficient (Wildman–Crippen LogP) is 2.89. The minimum Gasteiger partial charge on any atom is -0.466 e. The molecule has 172 valence electrons. The minimum atomic E-state index is -0.730. The summed E-state index contributed by atoms with van der Waals surface area (Å²) in [4.78, 5) is 47.1. The molecule has 0 aromatic rings. The summed E-state index contributed by atoms with van der Waals surface area (Å²) in [7, 11) is 0. The highest BCUT2D eigenvalue weighted by atomic mass is 16.6. The van der Waals surface area contributed by atoms with Crippen molar-refractivity contribution in [3.63, 3.8) is 0 Å². The van der Waals surface area contributed by atoms with E-state index < -0.39 is 30.1 Å². The van der Waals surface area contributed by atoms with Gasteiger partial charge in [-0.1, -0.05) is 27.4 Å². The van der Waals surface area contributed by atoms with Crippen LogP contribution in [-0.4, -0.2) is 49.3 Å². The van der Waals surface area contributed by atoms with Crippen molar-refractivity contribution < 1.29 is 38.1 Å². The number of ether oxygens (including phenoxy) is 4. The fraction of sp³-hybridized carbons (Fsp3) is 0.652. The molecule has 0 aromatic heterocycles. The van der Waals surface area contributed by atoms with E-state index in [0.29, 0.717) is 19.3 Å². The molecule has 1 saturated heterocycles. The van der Waals surface area contributed by atoms with Crippen LogP contribution in [0, 0.1) is 17.8 Å². The smallest absolute Gasteiger partial charge is 0.334 e. The summed E-state index contributed by atoms with van der Waals surface area (Å²) in [5.74, 6) is -2.51. The van der Waals surface area contributed by atoms with Gasteiger partial charge in [0.2, 0.25) is 0 Å². The van der Waals surface area contributed by atoms with Crippen LogP contribution >= 0.6 is 0 Å². The first-order valence-electron chi connectivity index (χ1n) is 10.6. The van der Waals surface area contributed by atoms with E-state index >= 15 is 0 Å². The molecule has 4 atom stereocenters. The molecule has 0 spiro atoms. The molecule has 8 nitrogen and oxygen atoms in total. The highest BCUT2D eigenvalue weighted by Crippen LogP contribution is 2.45. The average molecular weight is 437 g/mol. The average Bonchev–Trinajstić information content (AvgIpc) is 2.96. The quantitative estimate of drug-likeness (QED) is 0.179. The standard InChI is InChI=1S/C23H32O8/c1-12(2)22(26)29-11-17-10-18-20(14(4)23(27)31-18)21(30-16(6)25)19(17)13(3)8-7-9-28-15(5)24/h12-13,18,20-21H,4,7-11H2,1-3,5-6H3/t13-,18+,20+,21+/m0/s1. The Hall–Kier alpha value is -2.64. The molecule has 0 saturated carbocycles. The summed E-state index contributed by atoms with van der Waals surface area (Å²) in [6, 6.07) is 0. The fourth-order valence-corrected chi connectivity index (χ4v) is 4.12. The zero-order valence-corrected chi connectivity index (χ0v) is 18.9. The number of fused-ring (bicyclic) bond motifs is 1. The van der Waals surface area contributed by atoms with E-state index in [1.165, 1.54) is 13.8 Å². The van der Waals surface area contributed by atoms with Gasteiger partial charge < -0.3 is 18.9 Å². The number of esters is 4. The summed E-state index contributed by atoms with van der Waals surface area (Å²) in [6.45, 7) is 12.3. The van der Waals surface area contributed by atoms with E-state index in [9.17, 15) is 19.2 Å². The predicted molar refractivity (Wildman–Crippen MR) is 111 cm³/mol. The SMILES string of the molecule is C=C1C(=O)O[C@@H]2CC(COC(=O)C(C)C)=C([C@@H](C)CCCOC(C)=O)[C@@H](OC(C)=O)[C@H]12. The van der Waals surface area contributed by atoms with E-state index in [2.05, 4.69) is 6.58 Å². The molecule has 0 aromatic carbocycles. The third kappa shape index (κ3) is 6.18. The summed E-state index contributed by atoms with van der Waals surface area (Å²) < 4.78 is 21.6. The van der Waals surface area contributed by atoms with E-state index in [-0.39, 0.29) is 42.6 Å². The van der Waals surface area contributed by atoms with Crippen LogP contribution in [0.2, 0.25) is 0 Å². The molecule has 0 unspecified atom stereocenters. The van der Waals surface area contributed by atoms with Crippen molar-refractivity contribution in [3.8, 4) is 0 Å². The van der Waals surface area contributed by atoms with Gasteiger partial charge in [0.1, 0.15) is 18.8 Å². The zero-order chi connectivity index (χ0) is 23.3. The molecule has 1 fully saturated rings. The van der Waals surface area contributed by atoms with Gasteiger partial charge in [0.15, 0.2) is 0 Å².